The zero-order valence-corrected chi connectivity index (χ0v) is 16.2. The van der Waals surface area contributed by atoms with E-state index < -0.39 is 40.2 Å². The first-order valence-corrected chi connectivity index (χ1v) is 8.68. The van der Waals surface area contributed by atoms with Crippen LogP contribution in [0.2, 0.25) is 0 Å². The minimum Gasteiger partial charge on any atom is -0.327 e. The summed E-state index contributed by atoms with van der Waals surface area (Å²) < 4.78 is 13.9. The Hall–Kier alpha value is -3.56. The van der Waals surface area contributed by atoms with E-state index in [2.05, 4.69) is 5.32 Å². The van der Waals surface area contributed by atoms with E-state index in [1.807, 2.05) is 0 Å². The van der Waals surface area contributed by atoms with Gasteiger partial charge >= 0.3 is 0 Å². The van der Waals surface area contributed by atoms with E-state index in [0.29, 0.717) is 5.69 Å². The van der Waals surface area contributed by atoms with Gasteiger partial charge in [0.2, 0.25) is 11.8 Å². The molecule has 10 heteroatoms. The fraction of sp³-hybridized carbons (Fsp3) is 0.316. The topological polar surface area (TPSA) is 115 Å². The van der Waals surface area contributed by atoms with Crippen molar-refractivity contribution in [3.05, 3.63) is 68.9 Å². The third kappa shape index (κ3) is 5.96. The number of amides is 2. The van der Waals surface area contributed by atoms with Crippen molar-refractivity contribution in [3.63, 3.8) is 0 Å². The zero-order chi connectivity index (χ0) is 21.8. The number of carbonyl (C=O) groups excluding carboxylic acids is 2. The Labute approximate surface area is 165 Å². The molecule has 0 saturated carbocycles. The number of nitrogens with zero attached hydrogens (tertiary/aromatic N) is 3. The molecule has 0 unspecified atom stereocenters. The van der Waals surface area contributed by atoms with Gasteiger partial charge < -0.3 is 10.2 Å². The van der Waals surface area contributed by atoms with Crippen LogP contribution >= 0.6 is 0 Å². The molecule has 0 radical (unpaired) electrons. The first-order valence-electron chi connectivity index (χ1n) is 8.68. The lowest BCUT2D eigenvalue weighted by atomic mass is 10.1. The average molecular weight is 404 g/mol. The van der Waals surface area contributed by atoms with Crippen molar-refractivity contribution in [1.82, 2.24) is 9.47 Å². The van der Waals surface area contributed by atoms with Crippen molar-refractivity contribution in [2.75, 3.05) is 11.9 Å². The molecular formula is C19H21FN4O5. The van der Waals surface area contributed by atoms with Gasteiger partial charge in [-0.15, -0.1) is 0 Å². The molecule has 0 fully saturated rings. The summed E-state index contributed by atoms with van der Waals surface area (Å²) >= 11 is 0. The van der Waals surface area contributed by atoms with Gasteiger partial charge in [-0.05, 0) is 45.0 Å². The summed E-state index contributed by atoms with van der Waals surface area (Å²) in [6, 6.07) is 7.22. The quantitative estimate of drug-likeness (QED) is 0.585. The van der Waals surface area contributed by atoms with Crippen molar-refractivity contribution in [3.8, 4) is 0 Å². The van der Waals surface area contributed by atoms with E-state index in [-0.39, 0.29) is 12.2 Å². The maximum absolute atomic E-state index is 13.0. The molecule has 9 nitrogen and oxygen atoms in total. The Morgan fingerprint density at radius 2 is 1.79 bits per heavy atom. The standard InChI is InChI=1S/C19H21FN4O5/c1-19(2,3)23(11-16(25)21-14-6-4-13(20)5-7-14)18(27)12-22-10-15(24(28)29)8-9-17(22)26/h4-10H,11-12H2,1-3H3,(H,21,25). The number of pyridine rings is 1. The zero-order valence-electron chi connectivity index (χ0n) is 16.2. The summed E-state index contributed by atoms with van der Waals surface area (Å²) in [5, 5.41) is 13.5. The largest absolute Gasteiger partial charge is 0.327 e. The Morgan fingerprint density at radius 1 is 1.17 bits per heavy atom. The van der Waals surface area contributed by atoms with E-state index in [4.69, 9.17) is 0 Å². The second kappa shape index (κ2) is 8.63. The van der Waals surface area contributed by atoms with Gasteiger partial charge in [0.1, 0.15) is 18.9 Å². The molecule has 1 aromatic heterocycles. The predicted molar refractivity (Wildman–Crippen MR) is 104 cm³/mol. The Balaban J connectivity index is 2.17. The Kier molecular flexibility index (Phi) is 6.47. The van der Waals surface area contributed by atoms with Crippen molar-refractivity contribution < 1.29 is 18.9 Å². The summed E-state index contributed by atoms with van der Waals surface area (Å²) in [7, 11) is 0. The minimum absolute atomic E-state index is 0.316. The summed E-state index contributed by atoms with van der Waals surface area (Å²) in [4.78, 5) is 48.6. The van der Waals surface area contributed by atoms with Crippen molar-refractivity contribution in [2.45, 2.75) is 32.9 Å². The van der Waals surface area contributed by atoms with E-state index in [9.17, 15) is 28.9 Å². The fourth-order valence-corrected chi connectivity index (χ4v) is 2.56. The highest BCUT2D eigenvalue weighted by Crippen LogP contribution is 2.16. The number of nitrogens with one attached hydrogen (secondary N) is 1. The lowest BCUT2D eigenvalue weighted by Gasteiger charge is -2.35. The van der Waals surface area contributed by atoms with Gasteiger partial charge in [-0.2, -0.15) is 0 Å². The molecule has 154 valence electrons. The third-order valence-electron chi connectivity index (χ3n) is 4.02. The van der Waals surface area contributed by atoms with Crippen LogP contribution < -0.4 is 10.9 Å². The fourth-order valence-electron chi connectivity index (χ4n) is 2.56. The van der Waals surface area contributed by atoms with Crippen LogP contribution in [0.15, 0.2) is 47.4 Å². The normalized spacial score (nSPS) is 11.0. The highest BCUT2D eigenvalue weighted by atomic mass is 19.1. The number of halogens is 1. The van der Waals surface area contributed by atoms with Gasteiger partial charge in [0.05, 0.1) is 11.1 Å². The molecule has 0 aliphatic rings. The molecule has 1 aromatic carbocycles. The highest BCUT2D eigenvalue weighted by molar-refractivity contribution is 5.94. The van der Waals surface area contributed by atoms with Gasteiger partial charge in [0.25, 0.3) is 11.2 Å². The lowest BCUT2D eigenvalue weighted by molar-refractivity contribution is -0.385. The summed E-state index contributed by atoms with van der Waals surface area (Å²) in [6.07, 6.45) is 0.986. The van der Waals surface area contributed by atoms with Gasteiger partial charge in [-0.1, -0.05) is 0 Å². The summed E-state index contributed by atoms with van der Waals surface area (Å²) in [6.45, 7) is 4.37. The van der Waals surface area contributed by atoms with Gasteiger partial charge in [-0.3, -0.25) is 29.1 Å². The van der Waals surface area contributed by atoms with E-state index in [0.717, 1.165) is 22.9 Å². The lowest BCUT2D eigenvalue weighted by Crippen LogP contribution is -2.51. The molecule has 2 aromatic rings. The van der Waals surface area contributed by atoms with Crippen molar-refractivity contribution in [1.29, 1.82) is 0 Å². The minimum atomic E-state index is -0.762. The van der Waals surface area contributed by atoms with Gasteiger partial charge in [0, 0.05) is 23.4 Å². The molecule has 0 spiro atoms. The Morgan fingerprint density at radius 3 is 2.34 bits per heavy atom. The number of nitro groups is 1. The van der Waals surface area contributed by atoms with Crippen LogP contribution in [0.4, 0.5) is 15.8 Å². The Bertz CT molecular complexity index is 979. The second-order valence-electron chi connectivity index (χ2n) is 7.32. The van der Waals surface area contributed by atoms with Crippen molar-refractivity contribution >= 4 is 23.2 Å². The number of aromatic nitrogens is 1. The van der Waals surface area contributed by atoms with Crippen LogP contribution in [-0.2, 0) is 16.1 Å². The first-order chi connectivity index (χ1) is 13.5. The van der Waals surface area contributed by atoms with Crippen LogP contribution in [0.5, 0.6) is 0 Å². The molecule has 2 rings (SSSR count). The molecule has 0 saturated heterocycles. The molecule has 2 amide bonds. The number of hydrogen-bond acceptors (Lipinski definition) is 5. The average Bonchev–Trinajstić information content (AvgIpc) is 2.62. The van der Waals surface area contributed by atoms with Crippen molar-refractivity contribution in [2.24, 2.45) is 0 Å². The van der Waals surface area contributed by atoms with Gasteiger partial charge in [-0.25, -0.2) is 4.39 Å². The molecule has 0 bridgehead atoms. The molecule has 0 aliphatic heterocycles. The summed E-state index contributed by atoms with van der Waals surface area (Å²) in [5.41, 5.74) is -1.29. The number of anilines is 1. The van der Waals surface area contributed by atoms with Gasteiger partial charge in [0.15, 0.2) is 0 Å². The molecular weight excluding hydrogens is 383 g/mol. The number of carbonyl (C=O) groups is 2. The van der Waals surface area contributed by atoms with Crippen LogP contribution in [0.1, 0.15) is 20.8 Å². The molecule has 29 heavy (non-hydrogen) atoms. The number of hydrogen-bond donors (Lipinski definition) is 1. The molecule has 1 heterocycles. The maximum atomic E-state index is 13.0. The molecule has 1 N–H and O–H groups in total. The number of benzene rings is 1. The SMILES string of the molecule is CC(C)(C)N(CC(=O)Nc1ccc(F)cc1)C(=O)Cn1cc([N+](=O)[O-])ccc1=O. The molecule has 0 aliphatic carbocycles. The monoisotopic (exact) mass is 404 g/mol. The van der Waals surface area contributed by atoms with E-state index >= 15 is 0 Å². The smallest absolute Gasteiger partial charge is 0.285 e. The van der Waals surface area contributed by atoms with Crippen LogP contribution in [0.3, 0.4) is 0 Å². The van der Waals surface area contributed by atoms with Crippen LogP contribution in [0.25, 0.3) is 0 Å². The highest BCUT2D eigenvalue weighted by Gasteiger charge is 2.29. The number of rotatable bonds is 6. The summed E-state index contributed by atoms with van der Waals surface area (Å²) in [5.74, 6) is -1.52. The first kappa shape index (κ1) is 21.7. The maximum Gasteiger partial charge on any atom is 0.285 e. The molecule has 0 atom stereocenters. The van der Waals surface area contributed by atoms with E-state index in [1.54, 1.807) is 20.8 Å². The second-order valence-corrected chi connectivity index (χ2v) is 7.32. The van der Waals surface area contributed by atoms with Crippen LogP contribution in [0, 0.1) is 15.9 Å². The predicted octanol–water partition coefficient (Wildman–Crippen LogP) is 2.16. The third-order valence-corrected chi connectivity index (χ3v) is 4.02. The van der Waals surface area contributed by atoms with E-state index in [1.165, 1.54) is 29.2 Å². The van der Waals surface area contributed by atoms with Crippen LogP contribution in [-0.4, -0.2) is 38.3 Å².